The van der Waals surface area contributed by atoms with Crippen LogP contribution in [0.4, 0.5) is 0 Å². The van der Waals surface area contributed by atoms with Gasteiger partial charge in [-0.1, -0.05) is 6.92 Å². The molecular weight excluding hydrogens is 116 g/mol. The van der Waals surface area contributed by atoms with Crippen molar-refractivity contribution in [2.24, 2.45) is 5.84 Å². The van der Waals surface area contributed by atoms with Gasteiger partial charge in [-0.25, -0.2) is 5.01 Å². The molecule has 3 heteroatoms. The lowest BCUT2D eigenvalue weighted by Crippen LogP contribution is -2.34. The van der Waals surface area contributed by atoms with Crippen molar-refractivity contribution >= 4 is 0 Å². The fourth-order valence-corrected chi connectivity index (χ4v) is 0.692. The first-order valence-corrected chi connectivity index (χ1v) is 3.19. The molecule has 0 rings (SSSR count). The summed E-state index contributed by atoms with van der Waals surface area (Å²) < 4.78 is 5.09. The zero-order chi connectivity index (χ0) is 7.28. The Morgan fingerprint density at radius 1 is 1.67 bits per heavy atom. The van der Waals surface area contributed by atoms with Gasteiger partial charge in [0, 0.05) is 20.7 Å². The van der Waals surface area contributed by atoms with Gasteiger partial charge in [-0.05, 0) is 6.42 Å². The van der Waals surface area contributed by atoms with Crippen LogP contribution < -0.4 is 5.84 Å². The highest BCUT2D eigenvalue weighted by Gasteiger charge is 2.03. The van der Waals surface area contributed by atoms with Crippen LogP contribution in [0.15, 0.2) is 0 Å². The number of hydrazine groups is 1. The molecule has 0 aliphatic carbocycles. The third-order valence-corrected chi connectivity index (χ3v) is 1.28. The lowest BCUT2D eigenvalue weighted by Gasteiger charge is -2.17. The van der Waals surface area contributed by atoms with Crippen LogP contribution in [0.3, 0.4) is 0 Å². The van der Waals surface area contributed by atoms with Crippen LogP contribution in [-0.2, 0) is 4.74 Å². The summed E-state index contributed by atoms with van der Waals surface area (Å²) in [4.78, 5) is 0. The van der Waals surface area contributed by atoms with E-state index in [1.165, 1.54) is 0 Å². The number of ether oxygens (including phenoxy) is 1. The van der Waals surface area contributed by atoms with Gasteiger partial charge in [0.25, 0.3) is 0 Å². The highest BCUT2D eigenvalue weighted by Crippen LogP contribution is 1.94. The molecule has 0 aromatic carbocycles. The monoisotopic (exact) mass is 132 g/mol. The fourth-order valence-electron chi connectivity index (χ4n) is 0.692. The number of hydrogen-bond acceptors (Lipinski definition) is 3. The van der Waals surface area contributed by atoms with Gasteiger partial charge < -0.3 is 4.74 Å². The maximum Gasteiger partial charge on any atom is 0.0709 e. The van der Waals surface area contributed by atoms with E-state index in [9.17, 15) is 0 Å². The predicted octanol–water partition coefficient (Wildman–Crippen LogP) is 0.217. The summed E-state index contributed by atoms with van der Waals surface area (Å²) in [6.45, 7) is 2.88. The summed E-state index contributed by atoms with van der Waals surface area (Å²) >= 11 is 0. The number of nitrogens with zero attached hydrogens (tertiary/aromatic N) is 1. The van der Waals surface area contributed by atoms with Gasteiger partial charge in [0.15, 0.2) is 0 Å². The molecule has 0 saturated carbocycles. The van der Waals surface area contributed by atoms with Crippen molar-refractivity contribution in [3.05, 3.63) is 0 Å². The highest BCUT2D eigenvalue weighted by molar-refractivity contribution is 4.55. The minimum Gasteiger partial charge on any atom is -0.380 e. The van der Waals surface area contributed by atoms with Gasteiger partial charge in [0.2, 0.25) is 0 Å². The molecule has 1 atom stereocenters. The lowest BCUT2D eigenvalue weighted by atomic mass is 10.3. The Labute approximate surface area is 56.7 Å². The van der Waals surface area contributed by atoms with Gasteiger partial charge in [-0.2, -0.15) is 0 Å². The Balaban J connectivity index is 3.31. The molecule has 0 aliphatic rings. The maximum atomic E-state index is 5.40. The Bertz CT molecular complexity index is 62.1. The molecule has 0 aliphatic heterocycles. The Morgan fingerprint density at radius 3 is 2.33 bits per heavy atom. The van der Waals surface area contributed by atoms with Crippen LogP contribution in [0.1, 0.15) is 13.3 Å². The molecule has 0 spiro atoms. The largest absolute Gasteiger partial charge is 0.380 e. The van der Waals surface area contributed by atoms with Crippen molar-refractivity contribution in [2.45, 2.75) is 19.4 Å². The van der Waals surface area contributed by atoms with Crippen molar-refractivity contribution in [1.82, 2.24) is 5.01 Å². The lowest BCUT2D eigenvalue weighted by molar-refractivity contribution is 0.0693. The number of methoxy groups -OCH3 is 1. The van der Waals surface area contributed by atoms with E-state index in [0.717, 1.165) is 13.0 Å². The first-order valence-electron chi connectivity index (χ1n) is 3.19. The summed E-state index contributed by atoms with van der Waals surface area (Å²) in [6.07, 6.45) is 1.29. The molecule has 0 heterocycles. The quantitative estimate of drug-likeness (QED) is 0.439. The molecule has 0 fully saturated rings. The Kier molecular flexibility index (Phi) is 4.67. The topological polar surface area (TPSA) is 38.5 Å². The first-order chi connectivity index (χ1) is 4.20. The number of hydrogen-bond donors (Lipinski definition) is 1. The van der Waals surface area contributed by atoms with Crippen molar-refractivity contribution in [3.63, 3.8) is 0 Å². The van der Waals surface area contributed by atoms with E-state index in [1.54, 1.807) is 12.1 Å². The molecule has 0 aromatic rings. The van der Waals surface area contributed by atoms with Gasteiger partial charge in [0.05, 0.1) is 6.10 Å². The van der Waals surface area contributed by atoms with Gasteiger partial charge in [-0.3, -0.25) is 5.84 Å². The molecule has 1 unspecified atom stereocenters. The van der Waals surface area contributed by atoms with Crippen LogP contribution in [0.25, 0.3) is 0 Å². The van der Waals surface area contributed by atoms with Crippen molar-refractivity contribution < 1.29 is 4.74 Å². The normalized spacial score (nSPS) is 14.3. The summed E-state index contributed by atoms with van der Waals surface area (Å²) in [5.74, 6) is 5.40. The third kappa shape index (κ3) is 4.39. The predicted molar refractivity (Wildman–Crippen MR) is 37.9 cm³/mol. The van der Waals surface area contributed by atoms with E-state index >= 15 is 0 Å². The van der Waals surface area contributed by atoms with Crippen LogP contribution in [0.5, 0.6) is 0 Å². The molecule has 0 radical (unpaired) electrons. The average Bonchev–Trinajstić information content (AvgIpc) is 1.82. The van der Waals surface area contributed by atoms with E-state index in [0.29, 0.717) is 0 Å². The third-order valence-electron chi connectivity index (χ3n) is 1.28. The minimum absolute atomic E-state index is 0.278. The number of nitrogens with two attached hydrogens (primary N) is 1. The van der Waals surface area contributed by atoms with E-state index < -0.39 is 0 Å². The van der Waals surface area contributed by atoms with E-state index in [2.05, 4.69) is 6.92 Å². The van der Waals surface area contributed by atoms with Crippen LogP contribution in [0, 0.1) is 0 Å². The van der Waals surface area contributed by atoms with Crippen LogP contribution in [-0.4, -0.2) is 31.8 Å². The standard InChI is InChI=1S/C6H16N2O/c1-4-6(9-3)5-8(2)7/h6H,4-5,7H2,1-3H3. The second kappa shape index (κ2) is 4.73. The Morgan fingerprint density at radius 2 is 2.22 bits per heavy atom. The highest BCUT2D eigenvalue weighted by atomic mass is 16.5. The second-order valence-corrected chi connectivity index (χ2v) is 2.21. The van der Waals surface area contributed by atoms with Crippen molar-refractivity contribution in [3.8, 4) is 0 Å². The van der Waals surface area contributed by atoms with Crippen LogP contribution in [0.2, 0.25) is 0 Å². The van der Waals surface area contributed by atoms with Crippen molar-refractivity contribution in [2.75, 3.05) is 20.7 Å². The molecule has 9 heavy (non-hydrogen) atoms. The summed E-state index contributed by atoms with van der Waals surface area (Å²) in [7, 11) is 3.54. The molecule has 0 bridgehead atoms. The van der Waals surface area contributed by atoms with Gasteiger partial charge in [-0.15, -0.1) is 0 Å². The van der Waals surface area contributed by atoms with E-state index in [4.69, 9.17) is 10.6 Å². The molecule has 2 N–H and O–H groups in total. The van der Waals surface area contributed by atoms with E-state index in [-0.39, 0.29) is 6.10 Å². The van der Waals surface area contributed by atoms with Crippen LogP contribution >= 0.6 is 0 Å². The molecule has 0 amide bonds. The second-order valence-electron chi connectivity index (χ2n) is 2.21. The SMILES string of the molecule is CCC(CN(C)N)OC. The molecule has 3 nitrogen and oxygen atoms in total. The van der Waals surface area contributed by atoms with Gasteiger partial charge >= 0.3 is 0 Å². The zero-order valence-electron chi connectivity index (χ0n) is 6.42. The zero-order valence-corrected chi connectivity index (χ0v) is 6.42. The summed E-state index contributed by atoms with van der Waals surface area (Å²) in [5, 5.41) is 1.64. The fraction of sp³-hybridized carbons (Fsp3) is 1.00. The summed E-state index contributed by atoms with van der Waals surface area (Å²) in [6, 6.07) is 0. The minimum atomic E-state index is 0.278. The first kappa shape index (κ1) is 8.88. The average molecular weight is 132 g/mol. The molecule has 0 saturated heterocycles. The molecule has 56 valence electrons. The summed E-state index contributed by atoms with van der Waals surface area (Å²) in [5.41, 5.74) is 0. The maximum absolute atomic E-state index is 5.40. The number of likely N-dealkylation sites (N-methyl/N-ethyl adjacent to an activating group) is 1. The van der Waals surface area contributed by atoms with Crippen molar-refractivity contribution in [1.29, 1.82) is 0 Å². The van der Waals surface area contributed by atoms with E-state index in [1.807, 2.05) is 7.05 Å². The molecule has 0 aromatic heterocycles. The Hall–Kier alpha value is -0.120. The van der Waals surface area contributed by atoms with Gasteiger partial charge in [0.1, 0.15) is 0 Å². The number of rotatable bonds is 4. The smallest absolute Gasteiger partial charge is 0.0709 e. The molecular formula is C6H16N2O.